The van der Waals surface area contributed by atoms with E-state index in [-0.39, 0.29) is 5.41 Å². The summed E-state index contributed by atoms with van der Waals surface area (Å²) in [5, 5.41) is 0. The lowest BCUT2D eigenvalue weighted by Gasteiger charge is -2.34. The lowest BCUT2D eigenvalue weighted by molar-refractivity contribution is 0.286. The van der Waals surface area contributed by atoms with Gasteiger partial charge in [-0.15, -0.1) is 0 Å². The number of thioether (sulfide) groups is 1. The second-order valence-corrected chi connectivity index (χ2v) is 8.31. The molecule has 4 saturated carbocycles. The van der Waals surface area contributed by atoms with Crippen LogP contribution in [0.3, 0.4) is 0 Å². The van der Waals surface area contributed by atoms with Crippen LogP contribution in [0.25, 0.3) is 0 Å². The quantitative estimate of drug-likeness (QED) is 0.860. The van der Waals surface area contributed by atoms with E-state index in [1.165, 1.54) is 30.6 Å². The normalized spacial score (nSPS) is 44.4. The molecule has 20 heavy (non-hydrogen) atoms. The van der Waals surface area contributed by atoms with Gasteiger partial charge in [0.2, 0.25) is 0 Å². The fourth-order valence-electron chi connectivity index (χ4n) is 5.85. The third kappa shape index (κ3) is 1.38. The number of thiocarbonyl (C=S) groups is 1. The fourth-order valence-corrected chi connectivity index (χ4v) is 7.01. The summed E-state index contributed by atoms with van der Waals surface area (Å²) in [5.41, 5.74) is 8.29. The van der Waals surface area contributed by atoms with E-state index in [0.29, 0.717) is 5.41 Å². The highest BCUT2D eigenvalue weighted by atomic mass is 32.2. The van der Waals surface area contributed by atoms with Crippen molar-refractivity contribution in [3.63, 3.8) is 0 Å². The van der Waals surface area contributed by atoms with Crippen LogP contribution in [0.1, 0.15) is 24.8 Å². The summed E-state index contributed by atoms with van der Waals surface area (Å²) >= 11 is 7.49. The monoisotopic (exact) mass is 303 g/mol. The number of nitrogens with two attached hydrogens (primary N) is 1. The van der Waals surface area contributed by atoms with Gasteiger partial charge in [-0.3, -0.25) is 0 Å². The number of benzene rings is 1. The second-order valence-electron chi connectivity index (χ2n) is 6.96. The van der Waals surface area contributed by atoms with Crippen molar-refractivity contribution in [1.82, 2.24) is 0 Å². The third-order valence-corrected chi connectivity index (χ3v) is 7.58. The first-order chi connectivity index (χ1) is 9.64. The van der Waals surface area contributed by atoms with Gasteiger partial charge in [0.25, 0.3) is 0 Å². The zero-order chi connectivity index (χ0) is 14.0. The summed E-state index contributed by atoms with van der Waals surface area (Å²) in [6, 6.07) is 11.1. The maximum absolute atomic E-state index is 6.21. The van der Waals surface area contributed by atoms with E-state index in [2.05, 4.69) is 36.6 Å². The second kappa shape index (κ2) is 4.23. The van der Waals surface area contributed by atoms with Crippen molar-refractivity contribution in [2.75, 3.05) is 12.0 Å². The minimum atomic E-state index is 0.177. The summed E-state index contributed by atoms with van der Waals surface area (Å²) in [7, 11) is 0. The molecule has 4 aliphatic rings. The molecule has 4 aliphatic carbocycles. The molecule has 5 atom stereocenters. The van der Waals surface area contributed by atoms with E-state index >= 15 is 0 Å². The van der Waals surface area contributed by atoms with Crippen molar-refractivity contribution < 1.29 is 0 Å². The molecule has 5 unspecified atom stereocenters. The molecule has 0 aromatic heterocycles. The van der Waals surface area contributed by atoms with Gasteiger partial charge in [0.05, 0.1) is 4.99 Å². The Morgan fingerprint density at radius 2 is 2.05 bits per heavy atom. The highest BCUT2D eigenvalue weighted by Gasteiger charge is 2.75. The average Bonchev–Trinajstić information content (AvgIpc) is 3.13. The molecule has 4 bridgehead atoms. The minimum Gasteiger partial charge on any atom is -0.393 e. The van der Waals surface area contributed by atoms with Crippen molar-refractivity contribution in [2.24, 2.45) is 28.9 Å². The number of hydrogen-bond donors (Lipinski definition) is 1. The van der Waals surface area contributed by atoms with Crippen LogP contribution in [0.15, 0.2) is 30.3 Å². The molecular formula is C17H21NS2. The molecule has 1 nitrogen and oxygen atoms in total. The highest BCUT2D eigenvalue weighted by Crippen LogP contribution is 2.78. The molecule has 0 heterocycles. The van der Waals surface area contributed by atoms with Gasteiger partial charge >= 0.3 is 0 Å². The topological polar surface area (TPSA) is 26.0 Å². The standard InChI is InChI=1S/C17H21NS2/c1-20-9-12-13-8-17(15(18)19)10-16(13,7-14(12)17)11-5-3-2-4-6-11/h2-6,12-14H,7-10H2,1H3,(H2,18,19). The smallest absolute Gasteiger partial charge is 0.0793 e. The predicted molar refractivity (Wildman–Crippen MR) is 90.0 cm³/mol. The molecule has 0 spiro atoms. The maximum atomic E-state index is 6.21. The summed E-state index contributed by atoms with van der Waals surface area (Å²) < 4.78 is 0. The lowest BCUT2D eigenvalue weighted by Crippen LogP contribution is -2.38. The SMILES string of the molecule is CSCC1C2CC3(c4ccccc4)CC2(C(N)=S)CC13. The Morgan fingerprint density at radius 3 is 2.65 bits per heavy atom. The Hall–Kier alpha value is -0.540. The summed E-state index contributed by atoms with van der Waals surface area (Å²) in [4.78, 5) is 0.798. The summed E-state index contributed by atoms with van der Waals surface area (Å²) in [6.07, 6.45) is 5.99. The predicted octanol–water partition coefficient (Wildman–Crippen LogP) is 3.62. The minimum absolute atomic E-state index is 0.177. The van der Waals surface area contributed by atoms with Gasteiger partial charge in [-0.25, -0.2) is 0 Å². The van der Waals surface area contributed by atoms with E-state index in [9.17, 15) is 0 Å². The first-order valence-electron chi connectivity index (χ1n) is 7.48. The highest BCUT2D eigenvalue weighted by molar-refractivity contribution is 7.98. The van der Waals surface area contributed by atoms with Crippen molar-refractivity contribution in [3.05, 3.63) is 35.9 Å². The van der Waals surface area contributed by atoms with E-state index in [1.807, 2.05) is 11.8 Å². The van der Waals surface area contributed by atoms with E-state index in [4.69, 9.17) is 18.0 Å². The fraction of sp³-hybridized carbons (Fsp3) is 0.588. The zero-order valence-corrected chi connectivity index (χ0v) is 13.5. The van der Waals surface area contributed by atoms with Crippen molar-refractivity contribution in [1.29, 1.82) is 0 Å². The molecule has 0 aliphatic heterocycles. The van der Waals surface area contributed by atoms with Crippen LogP contribution < -0.4 is 5.73 Å². The first-order valence-corrected chi connectivity index (χ1v) is 9.29. The Balaban J connectivity index is 1.80. The molecule has 2 N–H and O–H groups in total. The van der Waals surface area contributed by atoms with E-state index in [0.717, 1.165) is 22.7 Å². The summed E-state index contributed by atoms with van der Waals surface area (Å²) in [6.45, 7) is 0. The van der Waals surface area contributed by atoms with Crippen LogP contribution >= 0.6 is 24.0 Å². The molecule has 106 valence electrons. The van der Waals surface area contributed by atoms with Crippen LogP contribution in [-0.2, 0) is 5.41 Å². The van der Waals surface area contributed by atoms with Gasteiger partial charge in [0.1, 0.15) is 0 Å². The average molecular weight is 303 g/mol. The molecule has 4 fully saturated rings. The van der Waals surface area contributed by atoms with Crippen LogP contribution in [0.2, 0.25) is 0 Å². The molecule has 5 rings (SSSR count). The maximum Gasteiger partial charge on any atom is 0.0793 e. The Morgan fingerprint density at radius 1 is 1.30 bits per heavy atom. The Labute approximate surface area is 130 Å². The summed E-state index contributed by atoms with van der Waals surface area (Å²) in [5.74, 6) is 3.62. The van der Waals surface area contributed by atoms with Gasteiger partial charge in [0.15, 0.2) is 0 Å². The van der Waals surface area contributed by atoms with Gasteiger partial charge in [-0.1, -0.05) is 42.5 Å². The van der Waals surface area contributed by atoms with Crippen LogP contribution in [-0.4, -0.2) is 17.0 Å². The molecule has 3 heteroatoms. The van der Waals surface area contributed by atoms with Gasteiger partial charge in [-0.2, -0.15) is 11.8 Å². The van der Waals surface area contributed by atoms with Crippen LogP contribution in [0.5, 0.6) is 0 Å². The van der Waals surface area contributed by atoms with E-state index < -0.39 is 0 Å². The largest absolute Gasteiger partial charge is 0.393 e. The molecule has 0 radical (unpaired) electrons. The number of rotatable bonds is 4. The van der Waals surface area contributed by atoms with Gasteiger partial charge < -0.3 is 5.73 Å². The molecule has 1 aromatic rings. The van der Waals surface area contributed by atoms with E-state index in [1.54, 1.807) is 0 Å². The third-order valence-electron chi connectivity index (χ3n) is 6.45. The number of hydrogen-bond acceptors (Lipinski definition) is 2. The van der Waals surface area contributed by atoms with Crippen LogP contribution in [0, 0.1) is 23.2 Å². The zero-order valence-electron chi connectivity index (χ0n) is 11.8. The van der Waals surface area contributed by atoms with Gasteiger partial charge in [0, 0.05) is 5.41 Å². The van der Waals surface area contributed by atoms with Crippen molar-refractivity contribution in [2.45, 2.75) is 24.7 Å². The van der Waals surface area contributed by atoms with Crippen molar-refractivity contribution in [3.8, 4) is 0 Å². The Bertz CT molecular complexity index is 557. The first kappa shape index (κ1) is 13.1. The van der Waals surface area contributed by atoms with Crippen molar-refractivity contribution >= 4 is 29.0 Å². The molecule has 1 aromatic carbocycles. The molecule has 0 amide bonds. The Kier molecular flexibility index (Phi) is 2.78. The van der Waals surface area contributed by atoms with Gasteiger partial charge in [-0.05, 0) is 60.0 Å². The van der Waals surface area contributed by atoms with Crippen LogP contribution in [0.4, 0.5) is 0 Å². The lowest BCUT2D eigenvalue weighted by atomic mass is 9.72. The molecular weight excluding hydrogens is 282 g/mol. The molecule has 0 saturated heterocycles.